The predicted octanol–water partition coefficient (Wildman–Crippen LogP) is 0.487. The molecule has 116 valence electrons. The van der Waals surface area contributed by atoms with E-state index in [0.717, 1.165) is 0 Å². The molecule has 2 aromatic rings. The van der Waals surface area contributed by atoms with E-state index in [1.165, 1.54) is 24.9 Å². The highest BCUT2D eigenvalue weighted by molar-refractivity contribution is 5.98. The van der Waals surface area contributed by atoms with Crippen LogP contribution in [0.2, 0.25) is 0 Å². The number of carboxylic acid groups (broad SMARTS) is 1. The molecule has 22 heavy (non-hydrogen) atoms. The number of carboxylic acids is 1. The first-order valence-electron chi connectivity index (χ1n) is 6.48. The van der Waals surface area contributed by atoms with E-state index >= 15 is 0 Å². The molecule has 1 aromatic heterocycles. The molecule has 1 aromatic carbocycles. The summed E-state index contributed by atoms with van der Waals surface area (Å²) in [6, 6.07) is 6.63. The van der Waals surface area contributed by atoms with Crippen LogP contribution in [0.4, 0.5) is 0 Å². The SMILES string of the molecule is COCC(C)(NC(=O)c1cccc(-n2ccnn2)c1)C(=O)O. The van der Waals surface area contributed by atoms with E-state index in [1.807, 2.05) is 0 Å². The normalized spacial score (nSPS) is 13.4. The van der Waals surface area contributed by atoms with Gasteiger partial charge in [0.25, 0.3) is 5.91 Å². The Kier molecular flexibility index (Phi) is 4.52. The molecule has 0 bridgehead atoms. The van der Waals surface area contributed by atoms with Gasteiger partial charge in [-0.3, -0.25) is 4.79 Å². The lowest BCUT2D eigenvalue weighted by molar-refractivity contribution is -0.145. The molecule has 0 aliphatic rings. The average molecular weight is 304 g/mol. The van der Waals surface area contributed by atoms with Gasteiger partial charge in [0.05, 0.1) is 24.7 Å². The van der Waals surface area contributed by atoms with Crippen molar-refractivity contribution in [3.63, 3.8) is 0 Å². The van der Waals surface area contributed by atoms with Crippen LogP contribution in [0, 0.1) is 0 Å². The quantitative estimate of drug-likeness (QED) is 0.804. The first kappa shape index (κ1) is 15.6. The smallest absolute Gasteiger partial charge is 0.331 e. The molecule has 2 rings (SSSR count). The summed E-state index contributed by atoms with van der Waals surface area (Å²) in [5, 5.41) is 19.3. The third-order valence-corrected chi connectivity index (χ3v) is 3.09. The second-order valence-corrected chi connectivity index (χ2v) is 4.92. The maximum atomic E-state index is 12.3. The molecule has 2 N–H and O–H groups in total. The molecule has 1 unspecified atom stereocenters. The van der Waals surface area contributed by atoms with Gasteiger partial charge in [-0.15, -0.1) is 5.10 Å². The molecule has 0 spiro atoms. The van der Waals surface area contributed by atoms with Crippen LogP contribution in [0.1, 0.15) is 17.3 Å². The van der Waals surface area contributed by atoms with E-state index in [9.17, 15) is 14.7 Å². The van der Waals surface area contributed by atoms with E-state index < -0.39 is 17.4 Å². The Morgan fingerprint density at radius 1 is 1.45 bits per heavy atom. The molecular formula is C14H16N4O4. The number of carbonyl (C=O) groups excluding carboxylic acids is 1. The van der Waals surface area contributed by atoms with Crippen molar-refractivity contribution in [1.82, 2.24) is 20.3 Å². The van der Waals surface area contributed by atoms with Crippen molar-refractivity contribution in [2.45, 2.75) is 12.5 Å². The van der Waals surface area contributed by atoms with E-state index in [4.69, 9.17) is 4.74 Å². The van der Waals surface area contributed by atoms with Gasteiger partial charge in [-0.2, -0.15) is 0 Å². The van der Waals surface area contributed by atoms with Crippen LogP contribution >= 0.6 is 0 Å². The van der Waals surface area contributed by atoms with Gasteiger partial charge in [0.2, 0.25) is 0 Å². The van der Waals surface area contributed by atoms with Crippen LogP contribution in [-0.2, 0) is 9.53 Å². The first-order valence-corrected chi connectivity index (χ1v) is 6.48. The standard InChI is InChI=1S/C14H16N4O4/c1-14(9-22-2,13(20)21)16-12(19)10-4-3-5-11(8-10)18-7-6-15-17-18/h3-8H,9H2,1-2H3,(H,16,19)(H,20,21). The molecule has 8 heteroatoms. The van der Waals surface area contributed by atoms with Crippen molar-refractivity contribution < 1.29 is 19.4 Å². The van der Waals surface area contributed by atoms with E-state index in [0.29, 0.717) is 11.3 Å². The molecule has 0 saturated carbocycles. The maximum Gasteiger partial charge on any atom is 0.331 e. The molecule has 0 aliphatic carbocycles. The van der Waals surface area contributed by atoms with Gasteiger partial charge in [-0.05, 0) is 25.1 Å². The van der Waals surface area contributed by atoms with Gasteiger partial charge in [-0.1, -0.05) is 11.3 Å². The summed E-state index contributed by atoms with van der Waals surface area (Å²) in [6.45, 7) is 1.24. The van der Waals surface area contributed by atoms with Crippen LogP contribution in [0.15, 0.2) is 36.7 Å². The van der Waals surface area contributed by atoms with E-state index in [1.54, 1.807) is 30.5 Å². The van der Waals surface area contributed by atoms with Gasteiger partial charge >= 0.3 is 5.97 Å². The van der Waals surface area contributed by atoms with Crippen LogP contribution in [0.3, 0.4) is 0 Å². The fourth-order valence-corrected chi connectivity index (χ4v) is 1.90. The van der Waals surface area contributed by atoms with Crippen molar-refractivity contribution in [3.05, 3.63) is 42.2 Å². The third-order valence-electron chi connectivity index (χ3n) is 3.09. The van der Waals surface area contributed by atoms with Gasteiger partial charge in [-0.25, -0.2) is 9.48 Å². The summed E-state index contributed by atoms with van der Waals surface area (Å²) in [6.07, 6.45) is 3.16. The third kappa shape index (κ3) is 3.29. The number of carbonyl (C=O) groups is 2. The number of nitrogens with one attached hydrogen (secondary N) is 1. The molecule has 0 saturated heterocycles. The fraction of sp³-hybridized carbons (Fsp3) is 0.286. The average Bonchev–Trinajstić information content (AvgIpc) is 3.01. The number of rotatable bonds is 6. The van der Waals surface area contributed by atoms with Crippen molar-refractivity contribution in [1.29, 1.82) is 0 Å². The Labute approximate surface area is 126 Å². The number of aliphatic carboxylic acids is 1. The number of hydrogen-bond donors (Lipinski definition) is 2. The maximum absolute atomic E-state index is 12.3. The molecule has 0 aliphatic heterocycles. The topological polar surface area (TPSA) is 106 Å². The van der Waals surface area contributed by atoms with Crippen LogP contribution in [-0.4, -0.2) is 51.2 Å². The fourth-order valence-electron chi connectivity index (χ4n) is 1.90. The number of amides is 1. The van der Waals surface area contributed by atoms with Crippen molar-refractivity contribution in [3.8, 4) is 5.69 Å². The second kappa shape index (κ2) is 6.35. The monoisotopic (exact) mass is 304 g/mol. The summed E-state index contributed by atoms with van der Waals surface area (Å²) >= 11 is 0. The highest BCUT2D eigenvalue weighted by Gasteiger charge is 2.35. The number of ether oxygens (including phenoxy) is 1. The predicted molar refractivity (Wildman–Crippen MR) is 76.7 cm³/mol. The lowest BCUT2D eigenvalue weighted by Gasteiger charge is -2.25. The number of methoxy groups -OCH3 is 1. The van der Waals surface area contributed by atoms with E-state index in [2.05, 4.69) is 15.6 Å². The summed E-state index contributed by atoms with van der Waals surface area (Å²) in [5.74, 6) is -1.68. The molecule has 0 radical (unpaired) electrons. The lowest BCUT2D eigenvalue weighted by Crippen LogP contribution is -2.55. The summed E-state index contributed by atoms with van der Waals surface area (Å²) in [7, 11) is 1.37. The molecule has 1 heterocycles. The Balaban J connectivity index is 2.23. The van der Waals surface area contributed by atoms with Gasteiger partial charge in [0, 0.05) is 12.7 Å². The van der Waals surface area contributed by atoms with Gasteiger partial charge in [0.1, 0.15) is 0 Å². The summed E-state index contributed by atoms with van der Waals surface area (Å²) in [5.41, 5.74) is -0.541. The number of aromatic nitrogens is 3. The minimum Gasteiger partial charge on any atom is -0.479 e. The van der Waals surface area contributed by atoms with Crippen LogP contribution in [0.25, 0.3) is 5.69 Å². The number of benzene rings is 1. The van der Waals surface area contributed by atoms with Crippen LogP contribution < -0.4 is 5.32 Å². The van der Waals surface area contributed by atoms with Crippen molar-refractivity contribution >= 4 is 11.9 Å². The summed E-state index contributed by atoms with van der Waals surface area (Å²) < 4.78 is 6.37. The second-order valence-electron chi connectivity index (χ2n) is 4.92. The zero-order valence-electron chi connectivity index (χ0n) is 12.2. The molecule has 1 amide bonds. The molecule has 0 fully saturated rings. The molecule has 1 atom stereocenters. The van der Waals surface area contributed by atoms with Crippen LogP contribution in [0.5, 0.6) is 0 Å². The highest BCUT2D eigenvalue weighted by atomic mass is 16.5. The Bertz CT molecular complexity index is 671. The lowest BCUT2D eigenvalue weighted by atomic mass is 10.0. The highest BCUT2D eigenvalue weighted by Crippen LogP contribution is 2.12. The Hall–Kier alpha value is -2.74. The number of nitrogens with zero attached hydrogens (tertiary/aromatic N) is 3. The molecular weight excluding hydrogens is 288 g/mol. The van der Waals surface area contributed by atoms with Gasteiger partial charge < -0.3 is 15.2 Å². The zero-order chi connectivity index (χ0) is 16.2. The Morgan fingerprint density at radius 3 is 2.82 bits per heavy atom. The zero-order valence-corrected chi connectivity index (χ0v) is 12.2. The van der Waals surface area contributed by atoms with Gasteiger partial charge in [0.15, 0.2) is 5.54 Å². The molecule has 8 nitrogen and oxygen atoms in total. The largest absolute Gasteiger partial charge is 0.479 e. The summed E-state index contributed by atoms with van der Waals surface area (Å²) in [4.78, 5) is 23.6. The minimum atomic E-state index is -1.50. The first-order chi connectivity index (χ1) is 10.5. The number of hydrogen-bond acceptors (Lipinski definition) is 5. The van der Waals surface area contributed by atoms with Crippen molar-refractivity contribution in [2.24, 2.45) is 0 Å². The van der Waals surface area contributed by atoms with E-state index in [-0.39, 0.29) is 6.61 Å². The van der Waals surface area contributed by atoms with Crippen molar-refractivity contribution in [2.75, 3.05) is 13.7 Å². The Morgan fingerprint density at radius 2 is 2.23 bits per heavy atom. The minimum absolute atomic E-state index is 0.142.